The van der Waals surface area contributed by atoms with Crippen molar-refractivity contribution in [3.8, 4) is 17.2 Å². The van der Waals surface area contributed by atoms with Gasteiger partial charge in [-0.1, -0.05) is 0 Å². The Labute approximate surface area is 113 Å². The van der Waals surface area contributed by atoms with Gasteiger partial charge in [-0.05, 0) is 28.9 Å². The molecule has 1 aromatic carbocycles. The molecule has 0 radical (unpaired) electrons. The van der Waals surface area contributed by atoms with Crippen LogP contribution in [-0.2, 0) is 4.79 Å². The summed E-state index contributed by atoms with van der Waals surface area (Å²) in [6, 6.07) is 1.66. The van der Waals surface area contributed by atoms with Gasteiger partial charge >= 0.3 is 5.97 Å². The van der Waals surface area contributed by atoms with Crippen LogP contribution in [0.3, 0.4) is 0 Å². The largest absolute Gasteiger partial charge is 0.495 e. The molecule has 1 N–H and O–H groups in total. The van der Waals surface area contributed by atoms with Gasteiger partial charge in [0.05, 0.1) is 13.0 Å². The van der Waals surface area contributed by atoms with Crippen LogP contribution in [0.15, 0.2) is 10.5 Å². The lowest BCUT2D eigenvalue weighted by atomic mass is 9.99. The number of ether oxygens (including phenoxy) is 3. The second-order valence-electron chi connectivity index (χ2n) is 3.90. The van der Waals surface area contributed by atoms with Crippen LogP contribution in [0.2, 0.25) is 0 Å². The van der Waals surface area contributed by atoms with Gasteiger partial charge in [-0.3, -0.25) is 4.79 Å². The van der Waals surface area contributed by atoms with E-state index in [4.69, 9.17) is 19.3 Å². The summed E-state index contributed by atoms with van der Waals surface area (Å²) < 4.78 is 16.8. The van der Waals surface area contributed by atoms with E-state index in [9.17, 15) is 4.79 Å². The first-order valence-electron chi connectivity index (χ1n) is 5.45. The first kappa shape index (κ1) is 13.0. The molecule has 1 aliphatic rings. The van der Waals surface area contributed by atoms with E-state index in [1.165, 1.54) is 7.11 Å². The van der Waals surface area contributed by atoms with Gasteiger partial charge in [-0.2, -0.15) is 0 Å². The number of halogens is 1. The lowest BCUT2D eigenvalue weighted by Gasteiger charge is -2.23. The Kier molecular flexibility index (Phi) is 3.65. The van der Waals surface area contributed by atoms with E-state index in [2.05, 4.69) is 15.9 Å². The van der Waals surface area contributed by atoms with Crippen molar-refractivity contribution in [1.29, 1.82) is 0 Å². The summed E-state index contributed by atoms with van der Waals surface area (Å²) in [6.45, 7) is 2.51. The Hall–Kier alpha value is -1.43. The van der Waals surface area contributed by atoms with Crippen molar-refractivity contribution in [1.82, 2.24) is 0 Å². The number of benzene rings is 1. The normalized spacial score (nSPS) is 15.1. The zero-order valence-electron chi connectivity index (χ0n) is 10.0. The van der Waals surface area contributed by atoms with E-state index < -0.39 is 11.9 Å². The number of aliphatic carboxylic acids is 1. The van der Waals surface area contributed by atoms with E-state index in [0.717, 1.165) is 0 Å². The van der Waals surface area contributed by atoms with E-state index in [1.54, 1.807) is 13.0 Å². The van der Waals surface area contributed by atoms with Crippen LogP contribution in [0.4, 0.5) is 0 Å². The summed E-state index contributed by atoms with van der Waals surface area (Å²) in [5.74, 6) is -0.0467. The van der Waals surface area contributed by atoms with Gasteiger partial charge in [0.2, 0.25) is 0 Å². The second kappa shape index (κ2) is 5.06. The Bertz CT molecular complexity index is 486. The summed E-state index contributed by atoms with van der Waals surface area (Å²) in [5.41, 5.74) is 0.557. The molecule has 0 aromatic heterocycles. The number of carbonyl (C=O) groups is 1. The topological polar surface area (TPSA) is 65.0 Å². The molecule has 0 spiro atoms. The fraction of sp³-hybridized carbons (Fsp3) is 0.417. The fourth-order valence-electron chi connectivity index (χ4n) is 1.81. The van der Waals surface area contributed by atoms with Gasteiger partial charge in [0.25, 0.3) is 0 Å². The third kappa shape index (κ3) is 2.12. The molecule has 0 saturated heterocycles. The van der Waals surface area contributed by atoms with Crippen molar-refractivity contribution in [2.45, 2.75) is 12.8 Å². The molecular weight excluding hydrogens is 304 g/mol. The minimum atomic E-state index is -0.920. The highest BCUT2D eigenvalue weighted by Gasteiger charge is 2.27. The molecule has 0 aliphatic carbocycles. The number of carboxylic acid groups (broad SMARTS) is 1. The van der Waals surface area contributed by atoms with E-state index in [1.807, 2.05) is 0 Å². The van der Waals surface area contributed by atoms with Gasteiger partial charge in [-0.15, -0.1) is 0 Å². The SMILES string of the molecule is COc1c(C(C)C(=O)O)cc2c(c1Br)OCCO2. The Balaban J connectivity index is 2.58. The molecule has 1 aromatic rings. The van der Waals surface area contributed by atoms with Crippen molar-refractivity contribution >= 4 is 21.9 Å². The van der Waals surface area contributed by atoms with Gasteiger partial charge in [-0.25, -0.2) is 0 Å². The van der Waals surface area contributed by atoms with Crippen molar-refractivity contribution in [3.63, 3.8) is 0 Å². The predicted octanol–water partition coefficient (Wildman–Crippen LogP) is 2.42. The molecule has 0 fully saturated rings. The highest BCUT2D eigenvalue weighted by molar-refractivity contribution is 9.10. The van der Waals surface area contributed by atoms with Crippen LogP contribution in [0.1, 0.15) is 18.4 Å². The van der Waals surface area contributed by atoms with Crippen LogP contribution < -0.4 is 14.2 Å². The maximum Gasteiger partial charge on any atom is 0.310 e. The minimum absolute atomic E-state index is 0.451. The van der Waals surface area contributed by atoms with Crippen LogP contribution in [-0.4, -0.2) is 31.4 Å². The second-order valence-corrected chi connectivity index (χ2v) is 4.69. The molecule has 18 heavy (non-hydrogen) atoms. The first-order valence-corrected chi connectivity index (χ1v) is 6.24. The summed E-state index contributed by atoms with van der Waals surface area (Å²) in [6.07, 6.45) is 0. The van der Waals surface area contributed by atoms with Crippen molar-refractivity contribution < 1.29 is 24.1 Å². The molecule has 0 bridgehead atoms. The quantitative estimate of drug-likeness (QED) is 0.927. The van der Waals surface area contributed by atoms with Crippen LogP contribution in [0.5, 0.6) is 17.2 Å². The summed E-state index contributed by atoms with van der Waals surface area (Å²) in [4.78, 5) is 11.1. The zero-order chi connectivity index (χ0) is 13.3. The number of carboxylic acids is 1. The monoisotopic (exact) mass is 316 g/mol. The minimum Gasteiger partial charge on any atom is -0.495 e. The van der Waals surface area contributed by atoms with Gasteiger partial charge in [0, 0.05) is 5.56 Å². The Morgan fingerprint density at radius 1 is 1.50 bits per heavy atom. The molecule has 5 nitrogen and oxygen atoms in total. The Morgan fingerprint density at radius 3 is 2.78 bits per heavy atom. The smallest absolute Gasteiger partial charge is 0.310 e. The highest BCUT2D eigenvalue weighted by Crippen LogP contribution is 2.47. The molecule has 1 atom stereocenters. The molecular formula is C12H13BrO5. The molecule has 0 amide bonds. The number of methoxy groups -OCH3 is 1. The zero-order valence-corrected chi connectivity index (χ0v) is 11.6. The average Bonchev–Trinajstić information content (AvgIpc) is 2.37. The molecule has 1 unspecified atom stereocenters. The number of hydrogen-bond donors (Lipinski definition) is 1. The highest BCUT2D eigenvalue weighted by atomic mass is 79.9. The van der Waals surface area contributed by atoms with E-state index in [-0.39, 0.29) is 0 Å². The molecule has 98 valence electrons. The molecule has 0 saturated carbocycles. The van der Waals surface area contributed by atoms with Crippen LogP contribution >= 0.6 is 15.9 Å². The maximum absolute atomic E-state index is 11.1. The van der Waals surface area contributed by atoms with E-state index >= 15 is 0 Å². The summed E-state index contributed by atoms with van der Waals surface area (Å²) in [5, 5.41) is 9.11. The van der Waals surface area contributed by atoms with E-state index in [0.29, 0.717) is 40.5 Å². The first-order chi connectivity index (χ1) is 8.56. The third-order valence-electron chi connectivity index (χ3n) is 2.80. The summed E-state index contributed by atoms with van der Waals surface area (Å²) >= 11 is 3.37. The summed E-state index contributed by atoms with van der Waals surface area (Å²) in [7, 11) is 1.49. The predicted molar refractivity (Wildman–Crippen MR) is 67.7 cm³/mol. The Morgan fingerprint density at radius 2 is 2.17 bits per heavy atom. The lowest BCUT2D eigenvalue weighted by Crippen LogP contribution is -2.17. The van der Waals surface area contributed by atoms with Crippen LogP contribution in [0, 0.1) is 0 Å². The fourth-order valence-corrected chi connectivity index (χ4v) is 2.51. The third-order valence-corrected chi connectivity index (χ3v) is 3.52. The maximum atomic E-state index is 11.1. The van der Waals surface area contributed by atoms with Gasteiger partial charge in [0.15, 0.2) is 11.5 Å². The molecule has 2 rings (SSSR count). The van der Waals surface area contributed by atoms with Gasteiger partial charge in [0.1, 0.15) is 23.4 Å². The molecule has 6 heteroatoms. The van der Waals surface area contributed by atoms with Crippen molar-refractivity contribution in [2.75, 3.05) is 20.3 Å². The lowest BCUT2D eigenvalue weighted by molar-refractivity contribution is -0.138. The standard InChI is InChI=1S/C12H13BrO5/c1-6(12(14)15)7-5-8-11(18-4-3-17-8)9(13)10(7)16-2/h5-6H,3-4H2,1-2H3,(H,14,15). The van der Waals surface area contributed by atoms with Crippen molar-refractivity contribution in [3.05, 3.63) is 16.1 Å². The number of hydrogen-bond acceptors (Lipinski definition) is 4. The average molecular weight is 317 g/mol. The van der Waals surface area contributed by atoms with Gasteiger partial charge < -0.3 is 19.3 Å². The van der Waals surface area contributed by atoms with Crippen molar-refractivity contribution in [2.24, 2.45) is 0 Å². The number of fused-ring (bicyclic) bond motifs is 1. The molecule has 1 aliphatic heterocycles. The number of rotatable bonds is 3. The van der Waals surface area contributed by atoms with Crippen LogP contribution in [0.25, 0.3) is 0 Å². The molecule has 1 heterocycles.